The highest BCUT2D eigenvalue weighted by molar-refractivity contribution is 5.73. The molecule has 2 nitrogen and oxygen atoms in total. The highest BCUT2D eigenvalue weighted by Gasteiger charge is 2.14. The van der Waals surface area contributed by atoms with Gasteiger partial charge >= 0.3 is 0 Å². The van der Waals surface area contributed by atoms with Crippen molar-refractivity contribution in [2.45, 2.75) is 52.4 Å². The molecule has 2 heteroatoms. The fourth-order valence-corrected chi connectivity index (χ4v) is 1.86. The maximum atomic E-state index is 10.7. The van der Waals surface area contributed by atoms with Crippen LogP contribution in [0.2, 0.25) is 0 Å². The van der Waals surface area contributed by atoms with Gasteiger partial charge in [0.1, 0.15) is 0 Å². The molecule has 0 heterocycles. The summed E-state index contributed by atoms with van der Waals surface area (Å²) in [6.45, 7) is 8.76. The van der Waals surface area contributed by atoms with Gasteiger partial charge in [0.25, 0.3) is 0 Å². The molecule has 0 aliphatic rings. The predicted octanol–water partition coefficient (Wildman–Crippen LogP) is 3.10. The second kappa shape index (κ2) is 5.35. The van der Waals surface area contributed by atoms with E-state index in [2.05, 4.69) is 45.9 Å². The second-order valence-electron chi connectivity index (χ2n) is 5.71. The minimum atomic E-state index is -0.213. The Bertz CT molecular complexity index is 402. The Hall–Kier alpha value is -1.31. The van der Waals surface area contributed by atoms with E-state index in [9.17, 15) is 4.79 Å². The van der Waals surface area contributed by atoms with Gasteiger partial charge in [-0.3, -0.25) is 4.79 Å². The molecule has 1 amide bonds. The van der Waals surface area contributed by atoms with Crippen LogP contribution in [0.5, 0.6) is 0 Å². The summed E-state index contributed by atoms with van der Waals surface area (Å²) < 4.78 is 0. The molecule has 0 spiro atoms. The normalized spacial score (nSPS) is 11.5. The Labute approximate surface area is 104 Å². The van der Waals surface area contributed by atoms with Crippen LogP contribution in [0.3, 0.4) is 0 Å². The molecule has 0 bridgehead atoms. The van der Waals surface area contributed by atoms with Crippen molar-refractivity contribution in [1.82, 2.24) is 0 Å². The van der Waals surface area contributed by atoms with Crippen molar-refractivity contribution in [2.24, 2.45) is 5.73 Å². The standard InChI is InChI=1S/C15H23NO/c1-11-8-9-13(15(2,3)4)10-12(11)6-5-7-14(16)17/h8-10H,5-7H2,1-4H3,(H2,16,17). The van der Waals surface area contributed by atoms with Crippen LogP contribution < -0.4 is 5.73 Å². The molecule has 0 fully saturated rings. The van der Waals surface area contributed by atoms with Gasteiger partial charge in [0.15, 0.2) is 0 Å². The zero-order valence-electron chi connectivity index (χ0n) is 11.3. The van der Waals surface area contributed by atoms with Crippen molar-refractivity contribution in [3.8, 4) is 0 Å². The summed E-state index contributed by atoms with van der Waals surface area (Å²) in [5, 5.41) is 0. The van der Waals surface area contributed by atoms with Crippen molar-refractivity contribution in [3.05, 3.63) is 34.9 Å². The van der Waals surface area contributed by atoms with Gasteiger partial charge in [0.2, 0.25) is 5.91 Å². The first kappa shape index (κ1) is 13.8. The van der Waals surface area contributed by atoms with Gasteiger partial charge in [-0.05, 0) is 41.9 Å². The van der Waals surface area contributed by atoms with E-state index in [0.717, 1.165) is 12.8 Å². The smallest absolute Gasteiger partial charge is 0.217 e. The number of primary amides is 1. The van der Waals surface area contributed by atoms with E-state index in [1.54, 1.807) is 0 Å². The van der Waals surface area contributed by atoms with Crippen molar-refractivity contribution in [1.29, 1.82) is 0 Å². The minimum absolute atomic E-state index is 0.173. The van der Waals surface area contributed by atoms with Crippen molar-refractivity contribution >= 4 is 5.91 Å². The van der Waals surface area contributed by atoms with Crippen molar-refractivity contribution < 1.29 is 4.79 Å². The zero-order chi connectivity index (χ0) is 13.1. The maximum absolute atomic E-state index is 10.7. The number of hydrogen-bond acceptors (Lipinski definition) is 1. The summed E-state index contributed by atoms with van der Waals surface area (Å²) >= 11 is 0. The third-order valence-electron chi connectivity index (χ3n) is 3.08. The average molecular weight is 233 g/mol. The lowest BCUT2D eigenvalue weighted by molar-refractivity contribution is -0.118. The molecule has 1 aromatic carbocycles. The summed E-state index contributed by atoms with van der Waals surface area (Å²) in [5.74, 6) is -0.213. The molecule has 94 valence electrons. The highest BCUT2D eigenvalue weighted by Crippen LogP contribution is 2.25. The van der Waals surface area contributed by atoms with Crippen LogP contribution in [-0.4, -0.2) is 5.91 Å². The summed E-state index contributed by atoms with van der Waals surface area (Å²) in [5.41, 5.74) is 9.30. The van der Waals surface area contributed by atoms with Gasteiger partial charge in [-0.2, -0.15) is 0 Å². The van der Waals surface area contributed by atoms with E-state index >= 15 is 0 Å². The Kier molecular flexibility index (Phi) is 4.33. The first-order valence-electron chi connectivity index (χ1n) is 6.19. The van der Waals surface area contributed by atoms with Crippen molar-refractivity contribution in [2.75, 3.05) is 0 Å². The largest absolute Gasteiger partial charge is 0.370 e. The fourth-order valence-electron chi connectivity index (χ4n) is 1.86. The molecular weight excluding hydrogens is 210 g/mol. The SMILES string of the molecule is Cc1ccc(C(C)(C)C)cc1CCCC(N)=O. The molecule has 17 heavy (non-hydrogen) atoms. The van der Waals surface area contributed by atoms with Crippen LogP contribution in [0.4, 0.5) is 0 Å². The molecule has 0 aliphatic heterocycles. The Morgan fingerprint density at radius 2 is 1.94 bits per heavy atom. The van der Waals surface area contributed by atoms with Crippen molar-refractivity contribution in [3.63, 3.8) is 0 Å². The fraction of sp³-hybridized carbons (Fsp3) is 0.533. The first-order valence-corrected chi connectivity index (χ1v) is 6.19. The molecule has 0 unspecified atom stereocenters. The monoisotopic (exact) mass is 233 g/mol. The van der Waals surface area contributed by atoms with Gasteiger partial charge in [0.05, 0.1) is 0 Å². The Morgan fingerprint density at radius 3 is 2.47 bits per heavy atom. The van der Waals surface area contributed by atoms with E-state index in [1.165, 1.54) is 16.7 Å². The summed E-state index contributed by atoms with van der Waals surface area (Å²) in [4.78, 5) is 10.7. The predicted molar refractivity (Wildman–Crippen MR) is 72.0 cm³/mol. The van der Waals surface area contributed by atoms with Crippen LogP contribution in [0.1, 0.15) is 50.3 Å². The van der Waals surface area contributed by atoms with Crippen LogP contribution in [0, 0.1) is 6.92 Å². The molecule has 0 aliphatic carbocycles. The topological polar surface area (TPSA) is 43.1 Å². The Balaban J connectivity index is 2.80. The van der Waals surface area contributed by atoms with E-state index in [-0.39, 0.29) is 11.3 Å². The summed E-state index contributed by atoms with van der Waals surface area (Å²) in [6.07, 6.45) is 2.24. The molecular formula is C15H23NO. The molecule has 0 saturated carbocycles. The van der Waals surface area contributed by atoms with Gasteiger partial charge in [0, 0.05) is 6.42 Å². The third-order valence-corrected chi connectivity index (χ3v) is 3.08. The quantitative estimate of drug-likeness (QED) is 0.853. The lowest BCUT2D eigenvalue weighted by Crippen LogP contribution is -2.12. The lowest BCUT2D eigenvalue weighted by Gasteiger charge is -2.20. The average Bonchev–Trinajstić information content (AvgIpc) is 2.18. The molecule has 0 saturated heterocycles. The van der Waals surface area contributed by atoms with E-state index < -0.39 is 0 Å². The van der Waals surface area contributed by atoms with Gasteiger partial charge in [-0.15, -0.1) is 0 Å². The molecule has 0 aromatic heterocycles. The van der Waals surface area contributed by atoms with Gasteiger partial charge in [-0.25, -0.2) is 0 Å². The van der Waals surface area contributed by atoms with Crippen LogP contribution >= 0.6 is 0 Å². The molecule has 1 rings (SSSR count). The number of rotatable bonds is 4. The zero-order valence-corrected chi connectivity index (χ0v) is 11.3. The van der Waals surface area contributed by atoms with Crippen LogP contribution in [0.25, 0.3) is 0 Å². The van der Waals surface area contributed by atoms with Gasteiger partial charge in [-0.1, -0.05) is 39.0 Å². The number of hydrogen-bond donors (Lipinski definition) is 1. The molecule has 1 aromatic rings. The Morgan fingerprint density at radius 1 is 1.29 bits per heavy atom. The number of carbonyl (C=O) groups is 1. The molecule has 0 radical (unpaired) electrons. The second-order valence-corrected chi connectivity index (χ2v) is 5.71. The molecule has 0 atom stereocenters. The van der Waals surface area contributed by atoms with E-state index in [1.807, 2.05) is 0 Å². The summed E-state index contributed by atoms with van der Waals surface area (Å²) in [6, 6.07) is 6.61. The van der Waals surface area contributed by atoms with E-state index in [4.69, 9.17) is 5.73 Å². The van der Waals surface area contributed by atoms with Gasteiger partial charge < -0.3 is 5.73 Å². The minimum Gasteiger partial charge on any atom is -0.370 e. The van der Waals surface area contributed by atoms with Crippen LogP contribution in [-0.2, 0) is 16.6 Å². The maximum Gasteiger partial charge on any atom is 0.217 e. The first-order chi connectivity index (χ1) is 7.80. The third kappa shape index (κ3) is 4.22. The summed E-state index contributed by atoms with van der Waals surface area (Å²) in [7, 11) is 0. The number of nitrogens with two attached hydrogens (primary N) is 1. The van der Waals surface area contributed by atoms with Crippen LogP contribution in [0.15, 0.2) is 18.2 Å². The number of aryl methyl sites for hydroxylation is 2. The number of benzene rings is 1. The number of carbonyl (C=O) groups excluding carboxylic acids is 1. The highest BCUT2D eigenvalue weighted by atomic mass is 16.1. The molecule has 2 N–H and O–H groups in total. The lowest BCUT2D eigenvalue weighted by atomic mass is 9.84. The number of amides is 1. The van der Waals surface area contributed by atoms with E-state index in [0.29, 0.717) is 6.42 Å².